The highest BCUT2D eigenvalue weighted by Gasteiger charge is 2.61. The van der Waals surface area contributed by atoms with Crippen molar-refractivity contribution in [2.45, 2.75) is 79.6 Å². The molecule has 4 N–H and O–H groups in total. The van der Waals surface area contributed by atoms with Crippen molar-refractivity contribution >= 4 is 66.6 Å². The standard InChI is InChI=1S/C44H49BrN6O10S/c1-7-28-23-44(28,41(55)50-62(57,58)31-16-12-9-13-17-31)49-39(53)36-21-30(25-51(36)40(54)35(24-46-38(52)26(2)45)48-42(56)61-43(3,4)5)60-37-22-33(27-14-10-8-11-15-27)47-34-20-29(59-6)18-19-32(34)37/h7-20,22,26,28,30,35-36H,1,21,23-25H2,2-6H3,(H,46,52)(H,48,56)(H,49,53)(H,50,55)/t26?,28-,30-,35+,36+,44-/m1/s1. The van der Waals surface area contributed by atoms with Gasteiger partial charge in [-0.15, -0.1) is 6.58 Å². The zero-order valence-electron chi connectivity index (χ0n) is 34.8. The lowest BCUT2D eigenvalue weighted by atomic mass is 10.1. The number of carbonyl (C=O) groups excluding carboxylic acids is 5. The fourth-order valence-electron chi connectivity index (χ4n) is 7.11. The Hall–Kier alpha value is -6.01. The molecule has 1 saturated carbocycles. The summed E-state index contributed by atoms with van der Waals surface area (Å²) >= 11 is 3.21. The number of ether oxygens (including phenoxy) is 3. The van der Waals surface area contributed by atoms with Crippen LogP contribution in [0, 0.1) is 5.92 Å². The Morgan fingerprint density at radius 3 is 2.31 bits per heavy atom. The summed E-state index contributed by atoms with van der Waals surface area (Å²) in [6, 6.07) is 21.0. The second-order valence-corrected chi connectivity index (χ2v) is 19.1. The average Bonchev–Trinajstić information content (AvgIpc) is 3.80. The van der Waals surface area contributed by atoms with E-state index in [1.54, 1.807) is 65.1 Å². The molecule has 1 aliphatic heterocycles. The van der Waals surface area contributed by atoms with Gasteiger partial charge < -0.3 is 35.1 Å². The van der Waals surface area contributed by atoms with Crippen molar-refractivity contribution in [2.24, 2.45) is 5.92 Å². The quantitative estimate of drug-likeness (QED) is 0.0955. The number of likely N-dealkylation sites (tertiary alicyclic amines) is 1. The van der Waals surface area contributed by atoms with Gasteiger partial charge in [-0.25, -0.2) is 22.9 Å². The van der Waals surface area contributed by atoms with E-state index in [4.69, 9.17) is 19.2 Å². The molecule has 6 atom stereocenters. The molecule has 2 fully saturated rings. The molecule has 2 aliphatic rings. The minimum Gasteiger partial charge on any atom is -0.497 e. The average molecular weight is 934 g/mol. The summed E-state index contributed by atoms with van der Waals surface area (Å²) in [6.07, 6.45) is -0.406. The molecule has 18 heteroatoms. The Balaban J connectivity index is 1.35. The van der Waals surface area contributed by atoms with E-state index in [2.05, 4.69) is 43.2 Å². The Kier molecular flexibility index (Phi) is 13.6. The maximum Gasteiger partial charge on any atom is 0.408 e. The molecule has 1 unspecified atom stereocenters. The molecule has 4 aromatic rings. The number of alkyl carbamates (subject to hydrolysis) is 1. The molecule has 1 saturated heterocycles. The molecule has 2 heterocycles. The normalized spacial score (nSPS) is 20.5. The van der Waals surface area contributed by atoms with Crippen LogP contribution < -0.4 is 30.1 Å². The minimum atomic E-state index is -4.33. The maximum absolute atomic E-state index is 14.7. The van der Waals surface area contributed by atoms with Gasteiger partial charge in [0.15, 0.2) is 0 Å². The number of hydrogen-bond acceptors (Lipinski definition) is 11. The van der Waals surface area contributed by atoms with Crippen LogP contribution in [0.1, 0.15) is 40.5 Å². The Labute approximate surface area is 368 Å². The number of nitrogens with one attached hydrogen (secondary N) is 4. The van der Waals surface area contributed by atoms with Crippen molar-refractivity contribution in [3.8, 4) is 22.8 Å². The third kappa shape index (κ3) is 10.5. The first-order chi connectivity index (χ1) is 29.3. The molecule has 5 amide bonds. The van der Waals surface area contributed by atoms with Gasteiger partial charge in [0, 0.05) is 42.0 Å². The summed E-state index contributed by atoms with van der Waals surface area (Å²) < 4.78 is 46.1. The third-order valence-electron chi connectivity index (χ3n) is 10.4. The Morgan fingerprint density at radius 1 is 1.02 bits per heavy atom. The Morgan fingerprint density at radius 2 is 1.69 bits per heavy atom. The van der Waals surface area contributed by atoms with Crippen LogP contribution in [0.4, 0.5) is 4.79 Å². The number of alkyl halides is 1. The van der Waals surface area contributed by atoms with Crippen LogP contribution in [0.2, 0.25) is 0 Å². The highest BCUT2D eigenvalue weighted by atomic mass is 79.9. The zero-order chi connectivity index (χ0) is 45.0. The van der Waals surface area contributed by atoms with Gasteiger partial charge in [0.05, 0.1) is 34.6 Å². The van der Waals surface area contributed by atoms with Crippen molar-refractivity contribution in [1.29, 1.82) is 0 Å². The second kappa shape index (κ2) is 18.5. The van der Waals surface area contributed by atoms with Crippen molar-refractivity contribution in [3.05, 3.63) is 97.6 Å². The number of hydrogen-bond donors (Lipinski definition) is 4. The lowest BCUT2D eigenvalue weighted by molar-refractivity contribution is -0.141. The van der Waals surface area contributed by atoms with E-state index in [0.29, 0.717) is 28.1 Å². The lowest BCUT2D eigenvalue weighted by Gasteiger charge is -2.30. The number of halogens is 1. The molecule has 1 aromatic heterocycles. The van der Waals surface area contributed by atoms with E-state index in [9.17, 15) is 32.4 Å². The molecular weight excluding hydrogens is 884 g/mol. The number of methoxy groups -OCH3 is 1. The predicted octanol–water partition coefficient (Wildman–Crippen LogP) is 4.62. The summed E-state index contributed by atoms with van der Waals surface area (Å²) in [5.41, 5.74) is -0.708. The number of amides is 5. The van der Waals surface area contributed by atoms with Crippen LogP contribution >= 0.6 is 15.9 Å². The number of benzene rings is 3. The number of carbonyl (C=O) groups is 5. The number of aromatic nitrogens is 1. The monoisotopic (exact) mass is 932 g/mol. The highest BCUT2D eigenvalue weighted by Crippen LogP contribution is 2.45. The molecule has 0 spiro atoms. The van der Waals surface area contributed by atoms with Crippen LogP contribution in [-0.4, -0.2) is 102 Å². The molecule has 0 bridgehead atoms. The van der Waals surface area contributed by atoms with Crippen molar-refractivity contribution in [3.63, 3.8) is 0 Å². The zero-order valence-corrected chi connectivity index (χ0v) is 37.2. The lowest BCUT2D eigenvalue weighted by Crippen LogP contribution is -2.60. The summed E-state index contributed by atoms with van der Waals surface area (Å²) in [4.78, 5) is 74.2. The van der Waals surface area contributed by atoms with E-state index < -0.39 is 79.8 Å². The molecule has 62 heavy (non-hydrogen) atoms. The first-order valence-electron chi connectivity index (χ1n) is 19.8. The molecule has 3 aromatic carbocycles. The number of rotatable bonds is 15. The fourth-order valence-corrected chi connectivity index (χ4v) is 8.34. The second-order valence-electron chi connectivity index (χ2n) is 16.1. The van der Waals surface area contributed by atoms with Gasteiger partial charge >= 0.3 is 6.09 Å². The van der Waals surface area contributed by atoms with E-state index >= 15 is 0 Å². The van der Waals surface area contributed by atoms with Crippen LogP contribution in [-0.2, 0) is 33.9 Å². The van der Waals surface area contributed by atoms with Crippen LogP contribution in [0.15, 0.2) is 102 Å². The van der Waals surface area contributed by atoms with Crippen LogP contribution in [0.25, 0.3) is 22.2 Å². The number of pyridine rings is 1. The molecule has 16 nitrogen and oxygen atoms in total. The first-order valence-corrected chi connectivity index (χ1v) is 22.2. The molecular formula is C44H49BrN6O10S. The van der Waals surface area contributed by atoms with Crippen LogP contribution in [0.5, 0.6) is 11.5 Å². The molecule has 328 valence electrons. The highest BCUT2D eigenvalue weighted by molar-refractivity contribution is 9.10. The van der Waals surface area contributed by atoms with Gasteiger partial charge in [0.1, 0.15) is 40.8 Å². The summed E-state index contributed by atoms with van der Waals surface area (Å²) in [7, 11) is -2.79. The number of sulfonamides is 1. The van der Waals surface area contributed by atoms with Gasteiger partial charge in [-0.1, -0.05) is 70.5 Å². The Bertz CT molecular complexity index is 2470. The SMILES string of the molecule is C=C[C@@H]1C[C@]1(NC(=O)[C@@H]1C[C@@H](Oc2cc(-c3ccccc3)nc3cc(OC)ccc23)CN1C(=O)[C@H](CNC(=O)C(C)Br)NC(=O)OC(C)(C)C)C(=O)NS(=O)(=O)c1ccccc1. The van der Waals surface area contributed by atoms with Gasteiger partial charge in [-0.05, 0) is 58.4 Å². The fraction of sp³-hybridized carbons (Fsp3) is 0.364. The van der Waals surface area contributed by atoms with Gasteiger partial charge in [0.2, 0.25) is 17.7 Å². The third-order valence-corrected chi connectivity index (χ3v) is 12.1. The number of nitrogens with zero attached hydrogens (tertiary/aromatic N) is 2. The van der Waals surface area contributed by atoms with Gasteiger partial charge in [-0.3, -0.25) is 19.2 Å². The maximum atomic E-state index is 14.7. The van der Waals surface area contributed by atoms with Gasteiger partial charge in [-0.2, -0.15) is 0 Å². The molecule has 0 radical (unpaired) electrons. The van der Waals surface area contributed by atoms with Gasteiger partial charge in [0.25, 0.3) is 15.9 Å². The largest absolute Gasteiger partial charge is 0.497 e. The minimum absolute atomic E-state index is 0.0350. The first kappa shape index (κ1) is 45.5. The van der Waals surface area contributed by atoms with Crippen molar-refractivity contribution in [2.75, 3.05) is 20.2 Å². The van der Waals surface area contributed by atoms with E-state index in [-0.39, 0.29) is 30.8 Å². The summed E-state index contributed by atoms with van der Waals surface area (Å²) in [6.45, 7) is 9.76. The number of fused-ring (bicyclic) bond motifs is 1. The van der Waals surface area contributed by atoms with Crippen molar-refractivity contribution in [1.82, 2.24) is 30.6 Å². The molecule has 6 rings (SSSR count). The summed E-state index contributed by atoms with van der Waals surface area (Å²) in [5.74, 6) is -2.68. The topological polar surface area (TPSA) is 211 Å². The molecule has 1 aliphatic carbocycles. The van der Waals surface area contributed by atoms with Crippen LogP contribution in [0.3, 0.4) is 0 Å². The summed E-state index contributed by atoms with van der Waals surface area (Å²) in [5, 5.41) is 8.56. The van der Waals surface area contributed by atoms with E-state index in [1.165, 1.54) is 35.2 Å². The smallest absolute Gasteiger partial charge is 0.408 e. The van der Waals surface area contributed by atoms with Crippen molar-refractivity contribution < 1.29 is 46.6 Å². The van der Waals surface area contributed by atoms with E-state index in [0.717, 1.165) is 5.56 Å². The predicted molar refractivity (Wildman–Crippen MR) is 234 cm³/mol. The van der Waals surface area contributed by atoms with E-state index in [1.807, 2.05) is 30.3 Å².